The van der Waals surface area contributed by atoms with E-state index in [0.29, 0.717) is 6.04 Å². The molecule has 1 rings (SSSR count). The third-order valence-corrected chi connectivity index (χ3v) is 3.62. The number of hydrogen-bond acceptors (Lipinski definition) is 3. The molecule has 1 aliphatic heterocycles. The molecule has 0 spiro atoms. The molecule has 0 amide bonds. The Balaban J connectivity index is 2.70. The highest BCUT2D eigenvalue weighted by Gasteiger charge is 2.35. The van der Waals surface area contributed by atoms with Crippen LogP contribution in [0.4, 0.5) is 0 Å². The molecular formula is C12H26N2O. The fraction of sp³-hybridized carbons (Fsp3) is 1.00. The summed E-state index contributed by atoms with van der Waals surface area (Å²) in [5.74, 6) is 0. The summed E-state index contributed by atoms with van der Waals surface area (Å²) < 4.78 is 5.54. The lowest BCUT2D eigenvalue weighted by atomic mass is 9.91. The zero-order valence-electron chi connectivity index (χ0n) is 10.5. The monoisotopic (exact) mass is 214 g/mol. The molecule has 90 valence electrons. The maximum atomic E-state index is 5.96. The van der Waals surface area contributed by atoms with Crippen molar-refractivity contribution in [3.8, 4) is 0 Å². The minimum Gasteiger partial charge on any atom is -0.378 e. The van der Waals surface area contributed by atoms with Crippen LogP contribution < -0.4 is 5.73 Å². The van der Waals surface area contributed by atoms with E-state index in [1.165, 1.54) is 12.8 Å². The summed E-state index contributed by atoms with van der Waals surface area (Å²) in [6.45, 7) is 10.3. The SMILES string of the molecule is CCCC(C)(CN)N1CCOCC1CC. The van der Waals surface area contributed by atoms with Crippen LogP contribution in [0.1, 0.15) is 40.0 Å². The topological polar surface area (TPSA) is 38.5 Å². The van der Waals surface area contributed by atoms with Gasteiger partial charge < -0.3 is 10.5 Å². The van der Waals surface area contributed by atoms with Gasteiger partial charge in [0.05, 0.1) is 13.2 Å². The molecule has 3 nitrogen and oxygen atoms in total. The van der Waals surface area contributed by atoms with E-state index in [9.17, 15) is 0 Å². The van der Waals surface area contributed by atoms with Crippen molar-refractivity contribution >= 4 is 0 Å². The lowest BCUT2D eigenvalue weighted by Gasteiger charge is -2.47. The second kappa shape index (κ2) is 5.83. The summed E-state index contributed by atoms with van der Waals surface area (Å²) in [4.78, 5) is 2.57. The van der Waals surface area contributed by atoms with Gasteiger partial charge in [-0.2, -0.15) is 0 Å². The Morgan fingerprint density at radius 2 is 2.20 bits per heavy atom. The van der Waals surface area contributed by atoms with E-state index in [1.807, 2.05) is 0 Å². The number of rotatable bonds is 5. The number of ether oxygens (including phenoxy) is 1. The Bertz CT molecular complexity index is 186. The summed E-state index contributed by atoms with van der Waals surface area (Å²) in [6, 6.07) is 0.554. The average Bonchev–Trinajstić information content (AvgIpc) is 2.29. The van der Waals surface area contributed by atoms with Crippen LogP contribution in [-0.4, -0.2) is 42.8 Å². The molecule has 15 heavy (non-hydrogen) atoms. The first kappa shape index (κ1) is 12.9. The van der Waals surface area contributed by atoms with Gasteiger partial charge in [0.25, 0.3) is 0 Å². The highest BCUT2D eigenvalue weighted by molar-refractivity contribution is 4.92. The van der Waals surface area contributed by atoms with Gasteiger partial charge in [-0.1, -0.05) is 20.3 Å². The minimum atomic E-state index is 0.166. The third kappa shape index (κ3) is 2.92. The molecule has 0 aliphatic carbocycles. The molecule has 2 unspecified atom stereocenters. The van der Waals surface area contributed by atoms with E-state index in [2.05, 4.69) is 25.7 Å². The number of nitrogens with two attached hydrogens (primary N) is 1. The highest BCUT2D eigenvalue weighted by atomic mass is 16.5. The zero-order chi connectivity index (χ0) is 11.3. The molecular weight excluding hydrogens is 188 g/mol. The maximum absolute atomic E-state index is 5.96. The van der Waals surface area contributed by atoms with Gasteiger partial charge in [0.15, 0.2) is 0 Å². The molecule has 3 heteroatoms. The summed E-state index contributed by atoms with van der Waals surface area (Å²) in [7, 11) is 0. The fourth-order valence-electron chi connectivity index (χ4n) is 2.61. The molecule has 1 fully saturated rings. The van der Waals surface area contributed by atoms with Gasteiger partial charge in [-0.25, -0.2) is 0 Å². The summed E-state index contributed by atoms with van der Waals surface area (Å²) in [5, 5.41) is 0. The van der Waals surface area contributed by atoms with Crippen LogP contribution in [0.5, 0.6) is 0 Å². The van der Waals surface area contributed by atoms with Crippen molar-refractivity contribution in [3.05, 3.63) is 0 Å². The Kier molecular flexibility index (Phi) is 5.03. The Morgan fingerprint density at radius 1 is 1.47 bits per heavy atom. The van der Waals surface area contributed by atoms with Crippen molar-refractivity contribution < 1.29 is 4.74 Å². The van der Waals surface area contributed by atoms with Crippen molar-refractivity contribution in [2.45, 2.75) is 51.6 Å². The van der Waals surface area contributed by atoms with Crippen LogP contribution >= 0.6 is 0 Å². The number of morpholine rings is 1. The van der Waals surface area contributed by atoms with Crippen LogP contribution in [0.3, 0.4) is 0 Å². The first-order valence-electron chi connectivity index (χ1n) is 6.22. The Labute approximate surface area is 94.0 Å². The van der Waals surface area contributed by atoms with E-state index in [4.69, 9.17) is 10.5 Å². The molecule has 0 aromatic rings. The second-order valence-corrected chi connectivity index (χ2v) is 4.78. The number of hydrogen-bond donors (Lipinski definition) is 1. The van der Waals surface area contributed by atoms with Gasteiger partial charge in [0.1, 0.15) is 0 Å². The lowest BCUT2D eigenvalue weighted by molar-refractivity contribution is -0.0609. The smallest absolute Gasteiger partial charge is 0.0622 e. The van der Waals surface area contributed by atoms with E-state index in [1.54, 1.807) is 0 Å². The fourth-order valence-corrected chi connectivity index (χ4v) is 2.61. The van der Waals surface area contributed by atoms with E-state index >= 15 is 0 Å². The van der Waals surface area contributed by atoms with Crippen molar-refractivity contribution in [1.82, 2.24) is 4.90 Å². The lowest BCUT2D eigenvalue weighted by Crippen LogP contribution is -2.60. The highest BCUT2D eigenvalue weighted by Crippen LogP contribution is 2.26. The molecule has 2 N–H and O–H groups in total. The predicted molar refractivity (Wildman–Crippen MR) is 64.0 cm³/mol. The first-order chi connectivity index (χ1) is 7.18. The van der Waals surface area contributed by atoms with Gasteiger partial charge in [-0.15, -0.1) is 0 Å². The van der Waals surface area contributed by atoms with Crippen LogP contribution in [0.25, 0.3) is 0 Å². The molecule has 1 saturated heterocycles. The molecule has 1 aliphatic rings. The molecule has 1 heterocycles. The minimum absolute atomic E-state index is 0.166. The van der Waals surface area contributed by atoms with Gasteiger partial charge in [0, 0.05) is 24.7 Å². The first-order valence-corrected chi connectivity index (χ1v) is 6.22. The normalized spacial score (nSPS) is 27.6. The second-order valence-electron chi connectivity index (χ2n) is 4.78. The molecule has 0 aromatic carbocycles. The summed E-state index contributed by atoms with van der Waals surface area (Å²) >= 11 is 0. The largest absolute Gasteiger partial charge is 0.378 e. The summed E-state index contributed by atoms with van der Waals surface area (Å²) in [6.07, 6.45) is 3.53. The van der Waals surface area contributed by atoms with E-state index in [-0.39, 0.29) is 5.54 Å². The van der Waals surface area contributed by atoms with Crippen molar-refractivity contribution in [3.63, 3.8) is 0 Å². The van der Waals surface area contributed by atoms with Crippen molar-refractivity contribution in [2.75, 3.05) is 26.3 Å². The van der Waals surface area contributed by atoms with Gasteiger partial charge in [-0.3, -0.25) is 4.90 Å². The Hall–Kier alpha value is -0.120. The quantitative estimate of drug-likeness (QED) is 0.755. The van der Waals surface area contributed by atoms with Gasteiger partial charge in [0.2, 0.25) is 0 Å². The van der Waals surface area contributed by atoms with Gasteiger partial charge in [-0.05, 0) is 19.8 Å². The van der Waals surface area contributed by atoms with E-state index in [0.717, 1.165) is 32.7 Å². The molecule has 2 atom stereocenters. The maximum Gasteiger partial charge on any atom is 0.0622 e. The van der Waals surface area contributed by atoms with E-state index < -0.39 is 0 Å². The predicted octanol–water partition coefficient (Wildman–Crippen LogP) is 1.61. The van der Waals surface area contributed by atoms with Crippen LogP contribution in [-0.2, 0) is 4.74 Å². The summed E-state index contributed by atoms with van der Waals surface area (Å²) in [5.41, 5.74) is 6.12. The Morgan fingerprint density at radius 3 is 2.73 bits per heavy atom. The molecule has 0 saturated carbocycles. The zero-order valence-corrected chi connectivity index (χ0v) is 10.5. The van der Waals surface area contributed by atoms with Gasteiger partial charge >= 0.3 is 0 Å². The van der Waals surface area contributed by atoms with Crippen molar-refractivity contribution in [1.29, 1.82) is 0 Å². The van der Waals surface area contributed by atoms with Crippen LogP contribution in [0.15, 0.2) is 0 Å². The van der Waals surface area contributed by atoms with Crippen LogP contribution in [0, 0.1) is 0 Å². The van der Waals surface area contributed by atoms with Crippen molar-refractivity contribution in [2.24, 2.45) is 5.73 Å². The average molecular weight is 214 g/mol. The number of nitrogens with zero attached hydrogens (tertiary/aromatic N) is 1. The standard InChI is InChI=1S/C12H26N2O/c1-4-6-12(3,10-13)14-7-8-15-9-11(14)5-2/h11H,4-10,13H2,1-3H3. The third-order valence-electron chi connectivity index (χ3n) is 3.62. The van der Waals surface area contributed by atoms with Crippen LogP contribution in [0.2, 0.25) is 0 Å². The molecule has 0 radical (unpaired) electrons. The molecule has 0 aromatic heterocycles. The molecule has 0 bridgehead atoms.